The molecule has 7 rings (SSSR count). The fraction of sp³-hybridized carbons (Fsp3) is 0.489. The number of aliphatic hydroxyl groups excluding tert-OH is 1. The van der Waals surface area contributed by atoms with Crippen LogP contribution in [0.3, 0.4) is 0 Å². The number of nitrogens with zero attached hydrogens (tertiary/aromatic N) is 1. The predicted molar refractivity (Wildman–Crippen MR) is 216 cm³/mol. The van der Waals surface area contributed by atoms with Crippen LogP contribution in [0, 0.1) is 28.6 Å². The molecule has 4 aliphatic rings. The van der Waals surface area contributed by atoms with E-state index in [1.165, 1.54) is 12.2 Å². The Morgan fingerprint density at radius 1 is 0.983 bits per heavy atom. The van der Waals surface area contributed by atoms with Crippen LogP contribution in [0.4, 0.5) is 4.39 Å². The van der Waals surface area contributed by atoms with Gasteiger partial charge in [-0.3, -0.25) is 29.0 Å². The molecular formula is C47H53FN2O9. The van der Waals surface area contributed by atoms with E-state index in [0.29, 0.717) is 31.3 Å². The first kappa shape index (κ1) is 42.2. The molecule has 11 nitrogen and oxygen atoms in total. The van der Waals surface area contributed by atoms with E-state index in [2.05, 4.69) is 4.98 Å². The van der Waals surface area contributed by atoms with Gasteiger partial charge in [0.15, 0.2) is 18.1 Å². The molecule has 0 aliphatic heterocycles. The van der Waals surface area contributed by atoms with Gasteiger partial charge in [0, 0.05) is 53.9 Å². The molecule has 0 radical (unpaired) electrons. The molecule has 0 spiro atoms. The largest absolute Gasteiger partial charge is 0.465 e. The fourth-order valence-corrected chi connectivity index (χ4v) is 11.0. The van der Waals surface area contributed by atoms with E-state index in [1.807, 2.05) is 48.5 Å². The average Bonchev–Trinajstić information content (AvgIpc) is 3.42. The minimum atomic E-state index is -2.10. The van der Waals surface area contributed by atoms with E-state index in [1.54, 1.807) is 39.2 Å². The van der Waals surface area contributed by atoms with Crippen molar-refractivity contribution < 1.29 is 48.0 Å². The summed E-state index contributed by atoms with van der Waals surface area (Å²) in [5, 5.41) is 25.7. The number of fused-ring (bicyclic) bond motifs is 6. The molecule has 2 aromatic carbocycles. The van der Waals surface area contributed by atoms with E-state index < -0.39 is 76.2 Å². The minimum Gasteiger partial charge on any atom is -0.465 e. The molecule has 12 heteroatoms. The highest BCUT2D eigenvalue weighted by atomic mass is 19.1. The van der Waals surface area contributed by atoms with Crippen molar-refractivity contribution in [3.05, 3.63) is 101 Å². The van der Waals surface area contributed by atoms with E-state index >= 15 is 4.39 Å². The number of hydrogen-bond donors (Lipinski definition) is 3. The zero-order valence-corrected chi connectivity index (χ0v) is 33.8. The third-order valence-electron chi connectivity index (χ3n) is 14.3. The highest BCUT2D eigenvalue weighted by Gasteiger charge is 2.75. The van der Waals surface area contributed by atoms with Crippen molar-refractivity contribution in [1.29, 1.82) is 0 Å². The van der Waals surface area contributed by atoms with Gasteiger partial charge in [-0.2, -0.15) is 0 Å². The number of halogens is 1. The maximum atomic E-state index is 17.4. The first-order valence-electron chi connectivity index (χ1n) is 20.6. The number of benzene rings is 2. The van der Waals surface area contributed by atoms with Gasteiger partial charge in [0.05, 0.1) is 31.5 Å². The Hall–Kier alpha value is -4.91. The number of carbonyl (C=O) groups is 5. The second kappa shape index (κ2) is 16.3. The SMILES string of the molecule is C[C@@H]1C[C@H]2[C@@H]3CCC4=CC(=O)C=C[C@]4(C)[C@@]3(F)[C@@H](O)C[C@]2(C)[C@@]1(O)C(=O)COC(=O)CCC(=O)OCCc1ccc(C(CN)C(=O)Cc2ccc3cnccc3c2)cc1. The number of aromatic nitrogens is 1. The van der Waals surface area contributed by atoms with Crippen LogP contribution in [0.5, 0.6) is 0 Å². The average molecular weight is 809 g/mol. The van der Waals surface area contributed by atoms with Crippen LogP contribution < -0.4 is 5.73 Å². The molecule has 3 fully saturated rings. The molecule has 4 N–H and O–H groups in total. The van der Waals surface area contributed by atoms with Crippen LogP contribution in [0.1, 0.15) is 81.9 Å². The summed E-state index contributed by atoms with van der Waals surface area (Å²) in [5.41, 5.74) is 2.75. The molecule has 1 aromatic heterocycles. The smallest absolute Gasteiger partial charge is 0.306 e. The van der Waals surface area contributed by atoms with Crippen LogP contribution in [-0.4, -0.2) is 81.6 Å². The number of allylic oxidation sites excluding steroid dienone is 4. The Balaban J connectivity index is 0.866. The van der Waals surface area contributed by atoms with Crippen molar-refractivity contribution >= 4 is 40.1 Å². The fourth-order valence-electron chi connectivity index (χ4n) is 11.0. The van der Waals surface area contributed by atoms with Gasteiger partial charge in [-0.1, -0.05) is 68.0 Å². The van der Waals surface area contributed by atoms with Crippen LogP contribution in [0.2, 0.25) is 0 Å². The van der Waals surface area contributed by atoms with E-state index in [0.717, 1.165) is 27.5 Å². The Morgan fingerprint density at radius 3 is 2.42 bits per heavy atom. The molecule has 0 bridgehead atoms. The molecule has 0 saturated heterocycles. The molecule has 59 heavy (non-hydrogen) atoms. The van der Waals surface area contributed by atoms with Crippen LogP contribution in [0.25, 0.3) is 10.8 Å². The number of ketones is 3. The van der Waals surface area contributed by atoms with Crippen molar-refractivity contribution in [1.82, 2.24) is 4.98 Å². The number of pyridine rings is 1. The quantitative estimate of drug-likeness (QED) is 0.177. The molecule has 4 aliphatic carbocycles. The van der Waals surface area contributed by atoms with E-state index in [-0.39, 0.29) is 50.4 Å². The highest BCUT2D eigenvalue weighted by molar-refractivity contribution is 6.01. The summed E-state index contributed by atoms with van der Waals surface area (Å²) in [7, 11) is 0. The number of nitrogens with two attached hydrogens (primary N) is 1. The Morgan fingerprint density at radius 2 is 1.69 bits per heavy atom. The summed E-state index contributed by atoms with van der Waals surface area (Å²) in [4.78, 5) is 68.4. The normalized spacial score (nSPS) is 31.4. The van der Waals surface area contributed by atoms with Gasteiger partial charge >= 0.3 is 11.9 Å². The first-order valence-corrected chi connectivity index (χ1v) is 20.6. The van der Waals surface area contributed by atoms with Gasteiger partial charge in [-0.15, -0.1) is 0 Å². The van der Waals surface area contributed by atoms with Crippen LogP contribution in [-0.2, 0) is 46.3 Å². The number of hydrogen-bond acceptors (Lipinski definition) is 11. The zero-order chi connectivity index (χ0) is 42.3. The standard InChI is InChI=1S/C47H53FN2O9/c1-28-20-38-37-11-10-34-23-35(51)14-17-44(34,2)46(37,48)40(53)24-45(38,3)47(28,57)41(54)27-59-43(56)13-12-42(55)58-19-16-29-4-7-31(8-5-29)36(25-49)39(52)22-30-6-9-33-26-50-18-15-32(33)21-30/h4-9,14-15,17-18,21,23,26,28,36-38,40,53,57H,10-13,16,19-20,22,24-25,27,49H2,1-3H3/t28-,36?,37+,38+,40+,44+,45+,46+,47+/m1/s1. The first-order chi connectivity index (χ1) is 28.0. The monoisotopic (exact) mass is 808 g/mol. The van der Waals surface area contributed by atoms with Gasteiger partial charge in [0.1, 0.15) is 11.4 Å². The van der Waals surface area contributed by atoms with Gasteiger partial charge in [0.2, 0.25) is 5.78 Å². The van der Waals surface area contributed by atoms with Crippen molar-refractivity contribution in [2.45, 2.75) is 95.4 Å². The van der Waals surface area contributed by atoms with Crippen molar-refractivity contribution in [2.75, 3.05) is 19.8 Å². The minimum absolute atomic E-state index is 0.0129. The lowest BCUT2D eigenvalue weighted by molar-refractivity contribution is -0.220. The topological polar surface area (TPSA) is 183 Å². The van der Waals surface area contributed by atoms with Crippen LogP contribution >= 0.6 is 0 Å². The third-order valence-corrected chi connectivity index (χ3v) is 14.3. The maximum Gasteiger partial charge on any atom is 0.306 e. The van der Waals surface area contributed by atoms with E-state index in [9.17, 15) is 34.2 Å². The second-order valence-corrected chi connectivity index (χ2v) is 17.5. The summed E-state index contributed by atoms with van der Waals surface area (Å²) >= 11 is 0. The number of ether oxygens (including phenoxy) is 2. The maximum absolute atomic E-state index is 17.4. The Bertz CT molecular complexity index is 2220. The summed E-state index contributed by atoms with van der Waals surface area (Å²) < 4.78 is 28.0. The Kier molecular flexibility index (Phi) is 11.6. The molecular weight excluding hydrogens is 756 g/mol. The molecule has 3 aromatic rings. The van der Waals surface area contributed by atoms with Crippen molar-refractivity contribution in [3.8, 4) is 0 Å². The lowest BCUT2D eigenvalue weighted by Crippen LogP contribution is -2.69. The van der Waals surface area contributed by atoms with Gasteiger partial charge in [0.25, 0.3) is 0 Å². The highest BCUT2D eigenvalue weighted by Crippen LogP contribution is 2.70. The molecule has 9 atom stereocenters. The van der Waals surface area contributed by atoms with E-state index in [4.69, 9.17) is 15.2 Å². The molecule has 3 saturated carbocycles. The molecule has 0 amide bonds. The number of Topliss-reactive ketones (excluding diaryl/α,β-unsaturated/α-hetero) is 2. The summed E-state index contributed by atoms with van der Waals surface area (Å²) in [6.45, 7) is 4.64. The number of alkyl halides is 1. The lowest BCUT2D eigenvalue weighted by Gasteiger charge is -2.62. The predicted octanol–water partition coefficient (Wildman–Crippen LogP) is 5.42. The Labute approximate surface area is 343 Å². The molecule has 1 heterocycles. The molecule has 312 valence electrons. The van der Waals surface area contributed by atoms with Crippen molar-refractivity contribution in [3.63, 3.8) is 0 Å². The lowest BCUT2D eigenvalue weighted by atomic mass is 9.44. The zero-order valence-electron chi connectivity index (χ0n) is 33.8. The summed E-state index contributed by atoms with van der Waals surface area (Å²) in [6, 6.07) is 15.2. The van der Waals surface area contributed by atoms with Gasteiger partial charge < -0.3 is 25.4 Å². The van der Waals surface area contributed by atoms with Gasteiger partial charge in [-0.25, -0.2) is 4.39 Å². The number of carbonyl (C=O) groups excluding carboxylic acids is 5. The summed E-state index contributed by atoms with van der Waals surface area (Å²) in [6.07, 6.45) is 7.34. The molecule has 1 unspecified atom stereocenters. The number of rotatable bonds is 14. The third kappa shape index (κ3) is 7.37. The van der Waals surface area contributed by atoms with Crippen LogP contribution in [0.15, 0.2) is 84.7 Å². The number of esters is 2. The second-order valence-electron chi connectivity index (χ2n) is 17.5. The summed E-state index contributed by atoms with van der Waals surface area (Å²) in [5.74, 6) is -4.58. The van der Waals surface area contributed by atoms with Gasteiger partial charge in [-0.05, 0) is 84.7 Å². The van der Waals surface area contributed by atoms with Crippen molar-refractivity contribution in [2.24, 2.45) is 34.3 Å². The number of aliphatic hydroxyl groups is 2.